The highest BCUT2D eigenvalue weighted by molar-refractivity contribution is 5.87. The summed E-state index contributed by atoms with van der Waals surface area (Å²) in [7, 11) is 0. The van der Waals surface area contributed by atoms with Gasteiger partial charge in [0.2, 0.25) is 6.29 Å². The fourth-order valence-corrected chi connectivity index (χ4v) is 6.62. The number of carbonyl (C=O) groups excluding carboxylic acids is 1. The van der Waals surface area contributed by atoms with Gasteiger partial charge in [-0.2, -0.15) is 0 Å². The van der Waals surface area contributed by atoms with Gasteiger partial charge in [0, 0.05) is 12.0 Å². The van der Waals surface area contributed by atoms with E-state index in [1.165, 1.54) is 25.3 Å². The van der Waals surface area contributed by atoms with Crippen LogP contribution in [0.4, 0.5) is 0 Å². The lowest BCUT2D eigenvalue weighted by Gasteiger charge is -2.44. The summed E-state index contributed by atoms with van der Waals surface area (Å²) in [6, 6.07) is 9.03. The lowest BCUT2D eigenvalue weighted by Crippen LogP contribution is -2.60. The van der Waals surface area contributed by atoms with Crippen molar-refractivity contribution in [2.75, 3.05) is 13.2 Å². The van der Waals surface area contributed by atoms with E-state index in [0.717, 1.165) is 5.56 Å². The van der Waals surface area contributed by atoms with Crippen LogP contribution in [-0.4, -0.2) is 140 Å². The molecule has 15 nitrogen and oxygen atoms in total. The number of ether oxygens (including phenoxy) is 7. The maximum atomic E-state index is 12.6. The zero-order valence-corrected chi connectivity index (χ0v) is 24.2. The number of rotatable bonds is 9. The number of epoxide rings is 1. The van der Waals surface area contributed by atoms with Gasteiger partial charge < -0.3 is 68.9 Å². The second-order valence-corrected chi connectivity index (χ2v) is 11.9. The van der Waals surface area contributed by atoms with Crippen molar-refractivity contribution in [3.05, 3.63) is 54.3 Å². The van der Waals surface area contributed by atoms with Gasteiger partial charge in [0.1, 0.15) is 48.3 Å². The van der Waals surface area contributed by atoms with E-state index in [9.17, 15) is 40.5 Å². The first kappa shape index (κ1) is 32.4. The molecule has 0 spiro atoms. The lowest BCUT2D eigenvalue weighted by atomic mass is 9.85. The fraction of sp³-hybridized carbons (Fsp3) is 0.633. The molecule has 4 heterocycles. The Hall–Kier alpha value is -2.51. The molecule has 0 bridgehead atoms. The molecular weight excluding hydrogens is 600 g/mol. The summed E-state index contributed by atoms with van der Waals surface area (Å²) >= 11 is 0. The summed E-state index contributed by atoms with van der Waals surface area (Å²) in [5.74, 6) is -2.08. The van der Waals surface area contributed by atoms with Gasteiger partial charge in [-0.3, -0.25) is 0 Å². The van der Waals surface area contributed by atoms with E-state index in [-0.39, 0.29) is 0 Å². The molecule has 7 N–H and O–H groups in total. The molecule has 15 heteroatoms. The first-order valence-corrected chi connectivity index (χ1v) is 14.8. The minimum Gasteiger partial charge on any atom is -0.472 e. The third-order valence-corrected chi connectivity index (χ3v) is 9.13. The maximum absolute atomic E-state index is 12.6. The molecular formula is C30H38O15. The second kappa shape index (κ2) is 12.9. The first-order valence-electron chi connectivity index (χ1n) is 14.8. The summed E-state index contributed by atoms with van der Waals surface area (Å²) < 4.78 is 40.4. The van der Waals surface area contributed by atoms with Crippen LogP contribution in [0.5, 0.6) is 0 Å². The molecule has 5 aliphatic rings. The number of aliphatic hydroxyl groups is 7. The molecule has 4 fully saturated rings. The number of esters is 1. The molecule has 16 atom stereocenters. The van der Waals surface area contributed by atoms with Gasteiger partial charge in [0.15, 0.2) is 18.7 Å². The van der Waals surface area contributed by atoms with Gasteiger partial charge in [-0.05, 0) is 24.6 Å². The van der Waals surface area contributed by atoms with Crippen molar-refractivity contribution in [2.24, 2.45) is 11.8 Å². The molecule has 1 saturated carbocycles. The van der Waals surface area contributed by atoms with Crippen molar-refractivity contribution in [2.45, 2.75) is 92.4 Å². The van der Waals surface area contributed by atoms with Crippen LogP contribution in [0.2, 0.25) is 0 Å². The van der Waals surface area contributed by atoms with Gasteiger partial charge in [-0.1, -0.05) is 30.3 Å². The van der Waals surface area contributed by atoms with Crippen molar-refractivity contribution in [1.29, 1.82) is 0 Å². The monoisotopic (exact) mass is 638 g/mol. The molecule has 248 valence electrons. The normalized spacial score (nSPS) is 47.2. The first-order chi connectivity index (χ1) is 21.6. The third kappa shape index (κ3) is 5.93. The van der Waals surface area contributed by atoms with Crippen LogP contribution in [0.3, 0.4) is 0 Å². The average molecular weight is 639 g/mol. The topological polar surface area (TPSA) is 227 Å². The molecule has 1 aromatic rings. The van der Waals surface area contributed by atoms with Crippen molar-refractivity contribution in [3.63, 3.8) is 0 Å². The van der Waals surface area contributed by atoms with Crippen molar-refractivity contribution >= 4 is 12.0 Å². The lowest BCUT2D eigenvalue weighted by molar-refractivity contribution is -0.347. The number of benzene rings is 1. The SMILES string of the molecule is C[C@@H]1O[C@@H](O[C@H]2[C@@H]3C=CO[C@@H](O[C@@H]4O[C@H](CO)[C@@H](O)[C@H](O)[C@H]4O)[C@@H]3[C@@]3(CO)O[C@@H]23)[C@H](O)[C@H](OC(=O)/C=C/c2ccccc2)[C@H]1O. The molecule has 3 saturated heterocycles. The van der Waals surface area contributed by atoms with E-state index < -0.39 is 117 Å². The van der Waals surface area contributed by atoms with Gasteiger partial charge >= 0.3 is 5.97 Å². The average Bonchev–Trinajstić information content (AvgIpc) is 3.72. The van der Waals surface area contributed by atoms with E-state index in [1.807, 2.05) is 6.07 Å². The van der Waals surface area contributed by atoms with Crippen LogP contribution in [-0.2, 0) is 38.0 Å². The van der Waals surface area contributed by atoms with E-state index in [2.05, 4.69) is 0 Å². The number of carbonyl (C=O) groups is 1. The predicted octanol–water partition coefficient (Wildman–Crippen LogP) is -2.47. The Kier molecular flexibility index (Phi) is 9.33. The van der Waals surface area contributed by atoms with Crippen molar-refractivity contribution < 1.29 is 73.7 Å². The number of hydrogen-bond acceptors (Lipinski definition) is 15. The van der Waals surface area contributed by atoms with Gasteiger partial charge in [0.25, 0.3) is 0 Å². The van der Waals surface area contributed by atoms with Gasteiger partial charge in [0.05, 0.1) is 37.6 Å². The Morgan fingerprint density at radius 2 is 1.62 bits per heavy atom. The Morgan fingerprint density at radius 1 is 0.889 bits per heavy atom. The van der Waals surface area contributed by atoms with Crippen LogP contribution in [0.1, 0.15) is 12.5 Å². The summed E-state index contributed by atoms with van der Waals surface area (Å²) in [5, 5.41) is 72.5. The van der Waals surface area contributed by atoms with Crippen molar-refractivity contribution in [3.8, 4) is 0 Å². The van der Waals surface area contributed by atoms with Crippen LogP contribution >= 0.6 is 0 Å². The van der Waals surface area contributed by atoms with E-state index in [0.29, 0.717) is 0 Å². The minimum atomic E-state index is -1.69. The maximum Gasteiger partial charge on any atom is 0.331 e. The van der Waals surface area contributed by atoms with Gasteiger partial charge in [-0.15, -0.1) is 0 Å². The standard InChI is InChI=1S/C30H38O15/c1-13-19(34)25(42-17(33)8-7-14-5-3-2-4-6-14)23(38)29(40-13)43-24-15-9-10-39-27(18(15)30(12-32)26(24)45-30)44-28-22(37)21(36)20(35)16(11-31)41-28/h2-10,13,15-16,18-29,31-32,34-38H,11-12H2,1H3/b8-7+/t13-,15+,16+,18+,19-,20+,21-,22+,23+,24-,25+,26-,27-,28-,29-,30+/m0/s1. The molecule has 0 aromatic heterocycles. The van der Waals surface area contributed by atoms with E-state index >= 15 is 0 Å². The molecule has 4 aliphatic heterocycles. The highest BCUT2D eigenvalue weighted by atomic mass is 16.8. The summed E-state index contributed by atoms with van der Waals surface area (Å²) in [6.07, 6.45) is -11.3. The molecule has 1 aliphatic carbocycles. The Bertz CT molecular complexity index is 1240. The zero-order valence-electron chi connectivity index (χ0n) is 24.2. The summed E-state index contributed by atoms with van der Waals surface area (Å²) in [5.41, 5.74) is -0.458. The number of hydrogen-bond donors (Lipinski definition) is 7. The molecule has 0 amide bonds. The second-order valence-electron chi connectivity index (χ2n) is 11.9. The molecule has 45 heavy (non-hydrogen) atoms. The molecule has 1 aromatic carbocycles. The Balaban J connectivity index is 1.15. The fourth-order valence-electron chi connectivity index (χ4n) is 6.62. The largest absolute Gasteiger partial charge is 0.472 e. The molecule has 0 unspecified atom stereocenters. The van der Waals surface area contributed by atoms with Crippen LogP contribution in [0, 0.1) is 11.8 Å². The molecule has 6 rings (SSSR count). The minimum absolute atomic E-state index is 0.471. The highest BCUT2D eigenvalue weighted by Crippen LogP contribution is 2.61. The van der Waals surface area contributed by atoms with Crippen molar-refractivity contribution in [1.82, 2.24) is 0 Å². The smallest absolute Gasteiger partial charge is 0.331 e. The van der Waals surface area contributed by atoms with E-state index in [1.54, 1.807) is 30.3 Å². The van der Waals surface area contributed by atoms with Crippen LogP contribution in [0.25, 0.3) is 6.08 Å². The summed E-state index contributed by atoms with van der Waals surface area (Å²) in [6.45, 7) is 0.414. The van der Waals surface area contributed by atoms with Crippen LogP contribution < -0.4 is 0 Å². The quantitative estimate of drug-likeness (QED) is 0.0845. The molecule has 0 radical (unpaired) electrons. The summed E-state index contributed by atoms with van der Waals surface area (Å²) in [4.78, 5) is 12.6. The predicted molar refractivity (Wildman–Crippen MR) is 147 cm³/mol. The number of fused-ring (bicyclic) bond motifs is 3. The third-order valence-electron chi connectivity index (χ3n) is 9.13. The van der Waals surface area contributed by atoms with Gasteiger partial charge in [-0.25, -0.2) is 4.79 Å². The Morgan fingerprint density at radius 3 is 2.33 bits per heavy atom. The van der Waals surface area contributed by atoms with E-state index in [4.69, 9.17) is 33.2 Å². The zero-order chi connectivity index (χ0) is 32.0. The Labute approximate surface area is 257 Å². The number of aliphatic hydroxyl groups excluding tert-OH is 7. The van der Waals surface area contributed by atoms with Crippen LogP contribution in [0.15, 0.2) is 48.7 Å². The highest BCUT2D eigenvalue weighted by Gasteiger charge is 2.77.